The molecule has 4 aromatic rings. The van der Waals surface area contributed by atoms with E-state index in [1.807, 2.05) is 0 Å². The molecule has 1 atom stereocenters. The van der Waals surface area contributed by atoms with Crippen molar-refractivity contribution in [2.24, 2.45) is 0 Å². The van der Waals surface area contributed by atoms with Crippen LogP contribution < -0.4 is 9.64 Å². The third-order valence-corrected chi connectivity index (χ3v) is 5.79. The van der Waals surface area contributed by atoms with Crippen LogP contribution in [0.3, 0.4) is 0 Å². The fraction of sp³-hybridized carbons (Fsp3) is 0.120. The summed E-state index contributed by atoms with van der Waals surface area (Å²) in [6, 6.07) is 15.7. The number of rotatable bonds is 5. The summed E-state index contributed by atoms with van der Waals surface area (Å²) >= 11 is 6.00. The molecule has 0 bridgehead atoms. The van der Waals surface area contributed by atoms with Gasteiger partial charge in [0.25, 0.3) is 5.91 Å². The quantitative estimate of drug-likeness (QED) is 0.377. The molecule has 0 aliphatic carbocycles. The van der Waals surface area contributed by atoms with Crippen LogP contribution >= 0.6 is 11.6 Å². The number of anilines is 1. The highest BCUT2D eigenvalue weighted by Gasteiger charge is 2.47. The molecule has 0 spiro atoms. The average Bonchev–Trinajstić information content (AvgIpc) is 3.50. The summed E-state index contributed by atoms with van der Waals surface area (Å²) in [4.78, 5) is 28.0. The van der Waals surface area contributed by atoms with Gasteiger partial charge in [-0.1, -0.05) is 23.7 Å². The monoisotopic (exact) mass is 463 g/mol. The molecule has 7 nitrogen and oxygen atoms in total. The second kappa shape index (κ2) is 7.86. The zero-order valence-electron chi connectivity index (χ0n) is 17.7. The fourth-order valence-corrected chi connectivity index (χ4v) is 4.14. The van der Waals surface area contributed by atoms with Crippen LogP contribution in [0.4, 0.5) is 5.69 Å². The molecule has 0 fully saturated rings. The molecule has 0 radical (unpaired) electrons. The van der Waals surface area contributed by atoms with Gasteiger partial charge in [-0.2, -0.15) is 0 Å². The number of hydrogen-bond acceptors (Lipinski definition) is 6. The van der Waals surface area contributed by atoms with Gasteiger partial charge in [0.1, 0.15) is 17.6 Å². The summed E-state index contributed by atoms with van der Waals surface area (Å²) in [6.45, 7) is 1.75. The number of amides is 1. The number of hydrogen-bond donors (Lipinski definition) is 1. The first kappa shape index (κ1) is 20.9. The lowest BCUT2D eigenvalue weighted by molar-refractivity contribution is -0.117. The van der Waals surface area contributed by atoms with Gasteiger partial charge in [-0.15, -0.1) is 0 Å². The second-order valence-corrected chi connectivity index (χ2v) is 8.02. The first-order chi connectivity index (χ1) is 15.9. The van der Waals surface area contributed by atoms with Crippen molar-refractivity contribution < 1.29 is 28.3 Å². The van der Waals surface area contributed by atoms with Gasteiger partial charge in [-0.3, -0.25) is 14.5 Å². The third-order valence-electron chi connectivity index (χ3n) is 5.54. The third kappa shape index (κ3) is 3.37. The van der Waals surface area contributed by atoms with Crippen molar-refractivity contribution in [3.05, 3.63) is 94.3 Å². The zero-order valence-corrected chi connectivity index (χ0v) is 18.4. The number of aliphatic hydroxyl groups excluding tert-OH is 1. The molecule has 1 N–H and O–H groups in total. The molecule has 0 saturated heterocycles. The van der Waals surface area contributed by atoms with Gasteiger partial charge in [0.2, 0.25) is 5.78 Å². The van der Waals surface area contributed by atoms with Crippen molar-refractivity contribution in [3.63, 3.8) is 0 Å². The molecule has 0 saturated carbocycles. The smallest absolute Gasteiger partial charge is 0.294 e. The van der Waals surface area contributed by atoms with Gasteiger partial charge in [-0.25, -0.2) is 0 Å². The number of para-hydroxylation sites is 1. The Bertz CT molecular complexity index is 1430. The van der Waals surface area contributed by atoms with E-state index < -0.39 is 23.5 Å². The number of furan rings is 2. The number of carbonyl (C=O) groups is 2. The number of Topliss-reactive ketones (excluding diaryl/α,β-unsaturated/α-hetero) is 1. The SMILES string of the molecule is COc1cccc2cc(C(=O)C3=C(O)C(=O)N(c4ccc(Cl)cc4)C3c3ccc(C)o3)oc12. The number of methoxy groups -OCH3 is 1. The van der Waals surface area contributed by atoms with Crippen LogP contribution in [0.2, 0.25) is 5.02 Å². The van der Waals surface area contributed by atoms with Gasteiger partial charge in [-0.05, 0) is 55.5 Å². The number of aryl methyl sites for hydroxylation is 1. The highest BCUT2D eigenvalue weighted by Crippen LogP contribution is 2.43. The van der Waals surface area contributed by atoms with E-state index in [2.05, 4.69) is 0 Å². The van der Waals surface area contributed by atoms with Crippen molar-refractivity contribution >= 4 is 39.9 Å². The van der Waals surface area contributed by atoms with Crippen LogP contribution in [-0.4, -0.2) is 23.9 Å². The van der Waals surface area contributed by atoms with Crippen LogP contribution in [0.15, 0.2) is 80.8 Å². The number of ether oxygens (including phenoxy) is 1. The molecule has 1 aliphatic rings. The van der Waals surface area contributed by atoms with E-state index in [4.69, 9.17) is 25.2 Å². The van der Waals surface area contributed by atoms with E-state index in [0.717, 1.165) is 0 Å². The van der Waals surface area contributed by atoms with Crippen LogP contribution in [0.25, 0.3) is 11.0 Å². The van der Waals surface area contributed by atoms with Crippen molar-refractivity contribution in [2.45, 2.75) is 13.0 Å². The van der Waals surface area contributed by atoms with E-state index >= 15 is 0 Å². The van der Waals surface area contributed by atoms with Crippen LogP contribution in [0.5, 0.6) is 5.75 Å². The van der Waals surface area contributed by atoms with E-state index in [1.54, 1.807) is 67.6 Å². The molecule has 8 heteroatoms. The number of halogens is 1. The van der Waals surface area contributed by atoms with Gasteiger partial charge in [0, 0.05) is 16.1 Å². The highest BCUT2D eigenvalue weighted by atomic mass is 35.5. The normalized spacial score (nSPS) is 16.2. The van der Waals surface area contributed by atoms with E-state index in [-0.39, 0.29) is 11.3 Å². The molecule has 2 aromatic carbocycles. The summed E-state index contributed by atoms with van der Waals surface area (Å²) in [5.74, 6) is -0.662. The van der Waals surface area contributed by atoms with Crippen molar-refractivity contribution in [1.29, 1.82) is 0 Å². The van der Waals surface area contributed by atoms with Crippen molar-refractivity contribution in [2.75, 3.05) is 12.0 Å². The Morgan fingerprint density at radius 2 is 1.85 bits per heavy atom. The molecule has 1 unspecified atom stereocenters. The average molecular weight is 464 g/mol. The number of aliphatic hydroxyl groups is 1. The van der Waals surface area contributed by atoms with Crippen LogP contribution in [-0.2, 0) is 4.79 Å². The first-order valence-corrected chi connectivity index (χ1v) is 10.5. The Morgan fingerprint density at radius 1 is 1.09 bits per heavy atom. The van der Waals surface area contributed by atoms with Gasteiger partial charge in [0.05, 0.1) is 12.7 Å². The standard InChI is InChI=1S/C25H18ClNO6/c1-13-6-11-17(32-13)21-20(23(29)25(30)27(21)16-9-7-15(26)8-10-16)22(28)19-12-14-4-3-5-18(31-2)24(14)33-19/h3-12,21,29H,1-2H3. The minimum Gasteiger partial charge on any atom is -0.503 e. The Hall–Kier alpha value is -3.97. The van der Waals surface area contributed by atoms with Crippen molar-refractivity contribution in [3.8, 4) is 5.75 Å². The number of carbonyl (C=O) groups excluding carboxylic acids is 2. The number of nitrogens with zero attached hydrogens (tertiary/aromatic N) is 1. The second-order valence-electron chi connectivity index (χ2n) is 7.58. The molecule has 2 aromatic heterocycles. The predicted octanol–water partition coefficient (Wildman–Crippen LogP) is 5.78. The number of ketones is 1. The Labute approximate surface area is 193 Å². The van der Waals surface area contributed by atoms with Gasteiger partial charge < -0.3 is 18.7 Å². The molecule has 1 amide bonds. The maximum atomic E-state index is 13.6. The highest BCUT2D eigenvalue weighted by molar-refractivity contribution is 6.30. The van der Waals surface area contributed by atoms with Crippen LogP contribution in [0.1, 0.15) is 28.1 Å². The minimum atomic E-state index is -0.991. The molecule has 3 heterocycles. The topological polar surface area (TPSA) is 93.1 Å². The Morgan fingerprint density at radius 3 is 2.52 bits per heavy atom. The Kier molecular flexibility index (Phi) is 4.98. The lowest BCUT2D eigenvalue weighted by atomic mass is 9.99. The molecule has 5 rings (SSSR count). The summed E-state index contributed by atoms with van der Waals surface area (Å²) in [6.07, 6.45) is 0. The first-order valence-electron chi connectivity index (χ1n) is 10.1. The number of fused-ring (bicyclic) bond motifs is 1. The molecule has 166 valence electrons. The van der Waals surface area contributed by atoms with Crippen molar-refractivity contribution in [1.82, 2.24) is 0 Å². The van der Waals surface area contributed by atoms with Gasteiger partial charge in [0.15, 0.2) is 22.9 Å². The maximum Gasteiger partial charge on any atom is 0.294 e. The molecular formula is C25H18ClNO6. The van der Waals surface area contributed by atoms with Crippen LogP contribution in [0, 0.1) is 6.92 Å². The Balaban J connectivity index is 1.65. The summed E-state index contributed by atoms with van der Waals surface area (Å²) in [5.41, 5.74) is 0.708. The van der Waals surface area contributed by atoms with E-state index in [9.17, 15) is 14.7 Å². The molecule has 33 heavy (non-hydrogen) atoms. The lowest BCUT2D eigenvalue weighted by Crippen LogP contribution is -2.30. The predicted molar refractivity (Wildman–Crippen MR) is 122 cm³/mol. The zero-order chi connectivity index (χ0) is 23.3. The maximum absolute atomic E-state index is 13.6. The minimum absolute atomic E-state index is 0.0323. The lowest BCUT2D eigenvalue weighted by Gasteiger charge is -2.24. The largest absolute Gasteiger partial charge is 0.503 e. The molecule has 1 aliphatic heterocycles. The summed E-state index contributed by atoms with van der Waals surface area (Å²) in [5, 5.41) is 12.0. The summed E-state index contributed by atoms with van der Waals surface area (Å²) in [7, 11) is 1.50. The summed E-state index contributed by atoms with van der Waals surface area (Å²) < 4.78 is 16.9. The fourth-order valence-electron chi connectivity index (χ4n) is 4.02. The number of benzene rings is 2. The molecular weight excluding hydrogens is 446 g/mol. The van der Waals surface area contributed by atoms with Gasteiger partial charge >= 0.3 is 0 Å². The van der Waals surface area contributed by atoms with E-state index in [0.29, 0.717) is 38.9 Å². The van der Waals surface area contributed by atoms with E-state index in [1.165, 1.54) is 12.0 Å².